The van der Waals surface area contributed by atoms with Gasteiger partial charge in [-0.05, 0) is 87.6 Å². The number of aliphatic hydroxyl groups is 1. The summed E-state index contributed by atoms with van der Waals surface area (Å²) in [6.45, 7) is 10.5. The Morgan fingerprint density at radius 1 is 1.14 bits per heavy atom. The van der Waals surface area contributed by atoms with Crippen LogP contribution in [0, 0.1) is 11.8 Å². The molecule has 0 radical (unpaired) electrons. The van der Waals surface area contributed by atoms with Crippen LogP contribution < -0.4 is 4.90 Å². The molecule has 37 heavy (non-hydrogen) atoms. The molecule has 202 valence electrons. The predicted molar refractivity (Wildman–Crippen MR) is 146 cm³/mol. The zero-order valence-corrected chi connectivity index (χ0v) is 22.9. The minimum absolute atomic E-state index is 0.124. The Balaban J connectivity index is 1.51. The Bertz CT molecular complexity index is 1130. The number of nitrogens with zero attached hydrogens (tertiary/aromatic N) is 3. The van der Waals surface area contributed by atoms with Gasteiger partial charge in [-0.3, -0.25) is 0 Å². The molecule has 1 N–H and O–H groups in total. The second kappa shape index (κ2) is 11.6. The molecule has 1 saturated carbocycles. The van der Waals surface area contributed by atoms with Crippen LogP contribution in [-0.2, 0) is 20.6 Å². The molecule has 2 unspecified atom stereocenters. The highest BCUT2D eigenvalue weighted by Gasteiger charge is 2.34. The molecule has 2 aromatic heterocycles. The lowest BCUT2D eigenvalue weighted by atomic mass is 9.88. The number of aliphatic hydroxyl groups excluding tert-OH is 1. The summed E-state index contributed by atoms with van der Waals surface area (Å²) in [4.78, 5) is 2.62. The zero-order valence-electron chi connectivity index (χ0n) is 22.9. The van der Waals surface area contributed by atoms with E-state index in [9.17, 15) is 5.11 Å². The summed E-state index contributed by atoms with van der Waals surface area (Å²) in [7, 11) is 1.70. The largest absolute Gasteiger partial charge is 0.511 e. The quantitative estimate of drug-likeness (QED) is 0.435. The number of aromatic nitrogens is 2. The maximum Gasteiger partial charge on any atom is 0.105 e. The number of hydrogen-bond donors (Lipinski definition) is 1. The van der Waals surface area contributed by atoms with E-state index in [-0.39, 0.29) is 23.9 Å². The third-order valence-corrected chi connectivity index (χ3v) is 7.91. The molecule has 3 heterocycles. The summed E-state index contributed by atoms with van der Waals surface area (Å²) < 4.78 is 19.4. The first-order valence-corrected chi connectivity index (χ1v) is 14.1. The van der Waals surface area contributed by atoms with E-state index in [2.05, 4.69) is 40.6 Å². The van der Waals surface area contributed by atoms with E-state index in [1.165, 1.54) is 18.5 Å². The SMILES string of the molecule is CCc1nn2c(C3C(O)=CC(COC(C)C)=CC3OC)cccc2c1N(CC1CCOCC1)CC1CC1. The van der Waals surface area contributed by atoms with Gasteiger partial charge in [0.25, 0.3) is 0 Å². The lowest BCUT2D eigenvalue weighted by molar-refractivity contribution is 0.0681. The molecule has 0 aromatic carbocycles. The molecule has 0 bridgehead atoms. The highest BCUT2D eigenvalue weighted by Crippen LogP contribution is 2.39. The molecule has 2 atom stereocenters. The van der Waals surface area contributed by atoms with Crippen molar-refractivity contribution in [2.24, 2.45) is 11.8 Å². The average Bonchev–Trinajstić information content (AvgIpc) is 3.63. The van der Waals surface area contributed by atoms with Crippen LogP contribution in [0.15, 0.2) is 41.7 Å². The number of pyridine rings is 1. The fourth-order valence-corrected chi connectivity index (χ4v) is 5.73. The van der Waals surface area contributed by atoms with Gasteiger partial charge in [0.1, 0.15) is 5.76 Å². The second-order valence-electron chi connectivity index (χ2n) is 11.1. The number of aryl methyl sites for hydroxylation is 1. The summed E-state index contributed by atoms with van der Waals surface area (Å²) in [6, 6.07) is 6.34. The van der Waals surface area contributed by atoms with E-state index in [0.717, 1.165) is 74.0 Å². The van der Waals surface area contributed by atoms with Gasteiger partial charge in [0.05, 0.1) is 47.3 Å². The van der Waals surface area contributed by atoms with E-state index in [1.54, 1.807) is 7.11 Å². The fraction of sp³-hybridized carbons (Fsp3) is 0.633. The first-order valence-electron chi connectivity index (χ1n) is 14.1. The second-order valence-corrected chi connectivity index (χ2v) is 11.1. The highest BCUT2D eigenvalue weighted by atomic mass is 16.5. The Morgan fingerprint density at radius 2 is 1.86 bits per heavy atom. The van der Waals surface area contributed by atoms with Gasteiger partial charge in [-0.25, -0.2) is 4.52 Å². The molecular weight excluding hydrogens is 466 g/mol. The smallest absolute Gasteiger partial charge is 0.105 e. The van der Waals surface area contributed by atoms with Crippen LogP contribution in [0.4, 0.5) is 5.69 Å². The van der Waals surface area contributed by atoms with E-state index in [4.69, 9.17) is 19.3 Å². The van der Waals surface area contributed by atoms with Crippen molar-refractivity contribution in [3.63, 3.8) is 0 Å². The number of fused-ring (bicyclic) bond motifs is 1. The number of ether oxygens (including phenoxy) is 3. The van der Waals surface area contributed by atoms with Gasteiger partial charge >= 0.3 is 0 Å². The van der Waals surface area contributed by atoms with Crippen molar-refractivity contribution in [2.45, 2.75) is 71.0 Å². The van der Waals surface area contributed by atoms with Crippen molar-refractivity contribution in [3.8, 4) is 0 Å². The maximum atomic E-state index is 11.2. The van der Waals surface area contributed by atoms with Gasteiger partial charge < -0.3 is 24.2 Å². The van der Waals surface area contributed by atoms with Crippen molar-refractivity contribution in [2.75, 3.05) is 44.9 Å². The molecular formula is C30H43N3O4. The highest BCUT2D eigenvalue weighted by molar-refractivity contribution is 5.76. The van der Waals surface area contributed by atoms with Crippen LogP contribution >= 0.6 is 0 Å². The third-order valence-electron chi connectivity index (χ3n) is 7.91. The van der Waals surface area contributed by atoms with Crippen LogP contribution in [0.1, 0.15) is 63.8 Å². The van der Waals surface area contributed by atoms with E-state index in [1.807, 2.05) is 19.9 Å². The van der Waals surface area contributed by atoms with Crippen LogP contribution in [-0.4, -0.2) is 66.9 Å². The van der Waals surface area contributed by atoms with Gasteiger partial charge in [0, 0.05) is 33.4 Å². The number of anilines is 1. The van der Waals surface area contributed by atoms with Gasteiger partial charge in [0.2, 0.25) is 0 Å². The topological polar surface area (TPSA) is 68.5 Å². The standard InChI is InChI=1S/C30H43N3O4/c1-5-24-30(32(17-21-9-10-21)18-22-11-13-36-14-12-22)26-8-6-7-25(33(26)31-24)29-27(34)15-23(16-28(29)35-4)19-37-20(2)3/h6-8,15-16,20-22,28-29,34H,5,9-14,17-19H2,1-4H3. The third kappa shape index (κ3) is 5.89. The summed E-state index contributed by atoms with van der Waals surface area (Å²) in [5.74, 6) is 1.38. The lowest BCUT2D eigenvalue weighted by Crippen LogP contribution is -2.34. The molecule has 7 heteroatoms. The van der Waals surface area contributed by atoms with E-state index in [0.29, 0.717) is 12.5 Å². The summed E-state index contributed by atoms with van der Waals surface area (Å²) >= 11 is 0. The Kier molecular flexibility index (Phi) is 8.22. The van der Waals surface area contributed by atoms with Gasteiger partial charge in [-0.15, -0.1) is 0 Å². The lowest BCUT2D eigenvalue weighted by Gasteiger charge is -2.32. The van der Waals surface area contributed by atoms with Crippen LogP contribution in [0.5, 0.6) is 0 Å². The van der Waals surface area contributed by atoms with Gasteiger partial charge in [0.15, 0.2) is 0 Å². The van der Waals surface area contributed by atoms with Crippen LogP contribution in [0.25, 0.3) is 5.52 Å². The fourth-order valence-electron chi connectivity index (χ4n) is 5.73. The van der Waals surface area contributed by atoms with E-state index >= 15 is 0 Å². The van der Waals surface area contributed by atoms with Gasteiger partial charge in [-0.1, -0.05) is 13.0 Å². The predicted octanol–water partition coefficient (Wildman–Crippen LogP) is 5.45. The molecule has 2 aliphatic carbocycles. The monoisotopic (exact) mass is 509 g/mol. The average molecular weight is 510 g/mol. The minimum Gasteiger partial charge on any atom is -0.511 e. The van der Waals surface area contributed by atoms with Crippen molar-refractivity contribution in [3.05, 3.63) is 53.1 Å². The maximum absolute atomic E-state index is 11.2. The first-order chi connectivity index (χ1) is 18.0. The molecule has 7 nitrogen and oxygen atoms in total. The zero-order chi connectivity index (χ0) is 25.9. The summed E-state index contributed by atoms with van der Waals surface area (Å²) in [5.41, 5.74) is 5.37. The molecule has 0 spiro atoms. The molecule has 1 saturated heterocycles. The molecule has 1 aliphatic heterocycles. The molecule has 2 aromatic rings. The number of rotatable bonds is 11. The van der Waals surface area contributed by atoms with Crippen LogP contribution in [0.3, 0.4) is 0 Å². The Morgan fingerprint density at radius 3 is 2.51 bits per heavy atom. The Hall–Kier alpha value is -2.35. The minimum atomic E-state index is -0.332. The summed E-state index contributed by atoms with van der Waals surface area (Å²) in [5, 5.41) is 16.4. The Labute approximate surface area is 221 Å². The molecule has 5 rings (SSSR count). The van der Waals surface area contributed by atoms with Gasteiger partial charge in [-0.2, -0.15) is 5.10 Å². The summed E-state index contributed by atoms with van der Waals surface area (Å²) in [6.07, 6.45) is 9.48. The van der Waals surface area contributed by atoms with E-state index < -0.39 is 0 Å². The van der Waals surface area contributed by atoms with Crippen LogP contribution in [0.2, 0.25) is 0 Å². The number of methoxy groups -OCH3 is 1. The van der Waals surface area contributed by atoms with Crippen molar-refractivity contribution in [1.29, 1.82) is 0 Å². The van der Waals surface area contributed by atoms with Crippen molar-refractivity contribution in [1.82, 2.24) is 9.61 Å². The van der Waals surface area contributed by atoms with Crippen molar-refractivity contribution >= 4 is 11.2 Å². The molecule has 2 fully saturated rings. The normalized spacial score (nSPS) is 22.9. The molecule has 0 amide bonds. The first kappa shape index (κ1) is 26.3. The van der Waals surface area contributed by atoms with Crippen molar-refractivity contribution < 1.29 is 19.3 Å². The molecule has 3 aliphatic rings. The number of hydrogen-bond acceptors (Lipinski definition) is 6.